The van der Waals surface area contributed by atoms with Gasteiger partial charge >= 0.3 is 6.16 Å². The van der Waals surface area contributed by atoms with Gasteiger partial charge in [-0.25, -0.2) is 4.79 Å². The van der Waals surface area contributed by atoms with Gasteiger partial charge in [0.15, 0.2) is 6.10 Å². The van der Waals surface area contributed by atoms with E-state index in [4.69, 9.17) is 5.11 Å². The topological polar surface area (TPSA) is 114 Å². The largest absolute Gasteiger partial charge is 0.509 e. The van der Waals surface area contributed by atoms with E-state index in [1.165, 1.54) is 6.92 Å². The molecule has 0 spiro atoms. The predicted molar refractivity (Wildman–Crippen MR) is 71.5 cm³/mol. The highest BCUT2D eigenvalue weighted by atomic mass is 16.7. The van der Waals surface area contributed by atoms with Crippen molar-refractivity contribution < 1.29 is 29.0 Å². The molecule has 2 amide bonds. The third-order valence-electron chi connectivity index (χ3n) is 1.76. The molecule has 1 unspecified atom stereocenters. The molecule has 118 valence electrons. The molecule has 0 aromatic heterocycles. The lowest BCUT2D eigenvalue weighted by Gasteiger charge is -2.13. The first-order valence-corrected chi connectivity index (χ1v) is 6.54. The number of hydrogen-bond acceptors (Lipinski definition) is 6. The standard InChI is InChI=1S/C10H18N2O6.C2H6/c1-3-4-8(14)11-12-9(15)7(2)18-10(16)17-6-5-13;1-2/h7,13H,3-6H2,1-2H3,(H,11,14)(H,12,15);1-2H3. The fraction of sp³-hybridized carbons (Fsp3) is 0.750. The number of hydrogen-bond donors (Lipinski definition) is 3. The molecule has 0 radical (unpaired) electrons. The van der Waals surface area contributed by atoms with Crippen molar-refractivity contribution in [3.05, 3.63) is 0 Å². The normalized spacial score (nSPS) is 10.4. The summed E-state index contributed by atoms with van der Waals surface area (Å²) in [6, 6.07) is 0. The summed E-state index contributed by atoms with van der Waals surface area (Å²) in [6.45, 7) is 6.61. The summed E-state index contributed by atoms with van der Waals surface area (Å²) in [5, 5.41) is 8.39. The summed E-state index contributed by atoms with van der Waals surface area (Å²) >= 11 is 0. The Morgan fingerprint density at radius 1 is 1.20 bits per heavy atom. The van der Waals surface area contributed by atoms with Gasteiger partial charge in [0.05, 0.1) is 6.61 Å². The lowest BCUT2D eigenvalue weighted by molar-refractivity contribution is -0.134. The third-order valence-corrected chi connectivity index (χ3v) is 1.76. The number of carbonyl (C=O) groups is 3. The second-order valence-electron chi connectivity index (χ2n) is 3.37. The van der Waals surface area contributed by atoms with E-state index in [1.807, 2.05) is 20.8 Å². The number of hydrazine groups is 1. The van der Waals surface area contributed by atoms with Crippen LogP contribution in [-0.4, -0.2) is 42.4 Å². The van der Waals surface area contributed by atoms with Crippen molar-refractivity contribution in [3.8, 4) is 0 Å². The molecule has 1 atom stereocenters. The minimum atomic E-state index is -1.11. The Labute approximate surface area is 118 Å². The summed E-state index contributed by atoms with van der Waals surface area (Å²) in [4.78, 5) is 33.3. The second kappa shape index (κ2) is 13.6. The van der Waals surface area contributed by atoms with Crippen molar-refractivity contribution in [2.45, 2.75) is 46.6 Å². The molecule has 0 aromatic rings. The maximum Gasteiger partial charge on any atom is 0.509 e. The average molecular weight is 292 g/mol. The van der Waals surface area contributed by atoms with Gasteiger partial charge in [-0.3, -0.25) is 20.4 Å². The number of aliphatic hydroxyl groups is 1. The van der Waals surface area contributed by atoms with Gasteiger partial charge < -0.3 is 14.6 Å². The van der Waals surface area contributed by atoms with Gasteiger partial charge in [0.1, 0.15) is 6.61 Å². The SMILES string of the molecule is CC.CCCC(=O)NNC(=O)C(C)OC(=O)OCCO. The number of rotatable bonds is 6. The molecule has 0 aliphatic rings. The first-order valence-electron chi connectivity index (χ1n) is 6.54. The third kappa shape index (κ3) is 11.3. The van der Waals surface area contributed by atoms with E-state index in [2.05, 4.69) is 20.3 Å². The van der Waals surface area contributed by atoms with Crippen molar-refractivity contribution in [1.29, 1.82) is 0 Å². The quantitative estimate of drug-likeness (QED) is 0.485. The summed E-state index contributed by atoms with van der Waals surface area (Å²) in [5.74, 6) is -1.01. The molecule has 0 saturated carbocycles. The summed E-state index contributed by atoms with van der Waals surface area (Å²) < 4.78 is 8.97. The average Bonchev–Trinajstić information content (AvgIpc) is 2.44. The van der Waals surface area contributed by atoms with Crippen LogP contribution in [0.4, 0.5) is 4.79 Å². The number of nitrogens with one attached hydrogen (secondary N) is 2. The lowest BCUT2D eigenvalue weighted by atomic mass is 10.3. The van der Waals surface area contributed by atoms with Crippen LogP contribution in [0.1, 0.15) is 40.5 Å². The van der Waals surface area contributed by atoms with E-state index in [9.17, 15) is 14.4 Å². The van der Waals surface area contributed by atoms with Crippen LogP contribution in [0.3, 0.4) is 0 Å². The zero-order valence-electron chi connectivity index (χ0n) is 12.4. The van der Waals surface area contributed by atoms with Gasteiger partial charge in [-0.2, -0.15) is 0 Å². The number of aliphatic hydroxyl groups excluding tert-OH is 1. The molecule has 0 fully saturated rings. The first kappa shape index (κ1) is 20.5. The van der Waals surface area contributed by atoms with Gasteiger partial charge in [-0.1, -0.05) is 20.8 Å². The fourth-order valence-corrected chi connectivity index (χ4v) is 0.883. The molecule has 0 aliphatic heterocycles. The van der Waals surface area contributed by atoms with Crippen LogP contribution in [0.25, 0.3) is 0 Å². The minimum absolute atomic E-state index is 0.208. The second-order valence-corrected chi connectivity index (χ2v) is 3.37. The van der Waals surface area contributed by atoms with E-state index in [0.29, 0.717) is 6.42 Å². The molecule has 0 rings (SSSR count). The highest BCUT2D eigenvalue weighted by molar-refractivity contribution is 5.85. The fourth-order valence-electron chi connectivity index (χ4n) is 0.883. The van der Waals surface area contributed by atoms with Gasteiger partial charge in [0.2, 0.25) is 5.91 Å². The molecule has 0 heterocycles. The lowest BCUT2D eigenvalue weighted by Crippen LogP contribution is -2.46. The van der Waals surface area contributed by atoms with Crippen molar-refractivity contribution in [3.63, 3.8) is 0 Å². The van der Waals surface area contributed by atoms with Crippen molar-refractivity contribution >= 4 is 18.0 Å². The van der Waals surface area contributed by atoms with Crippen molar-refractivity contribution in [1.82, 2.24) is 10.9 Å². The molecule has 0 bridgehead atoms. The Kier molecular flexibility index (Phi) is 13.9. The Morgan fingerprint density at radius 3 is 2.30 bits per heavy atom. The van der Waals surface area contributed by atoms with Gasteiger partial charge in [0.25, 0.3) is 5.91 Å². The zero-order valence-corrected chi connectivity index (χ0v) is 12.4. The summed E-state index contributed by atoms with van der Waals surface area (Å²) in [7, 11) is 0. The Morgan fingerprint density at radius 2 is 1.80 bits per heavy atom. The van der Waals surface area contributed by atoms with Crippen LogP contribution in [0.15, 0.2) is 0 Å². The molecule has 8 heteroatoms. The van der Waals surface area contributed by atoms with E-state index >= 15 is 0 Å². The van der Waals surface area contributed by atoms with Gasteiger partial charge in [-0.15, -0.1) is 0 Å². The van der Waals surface area contributed by atoms with Crippen LogP contribution >= 0.6 is 0 Å². The molecule has 0 saturated heterocycles. The van der Waals surface area contributed by atoms with E-state index in [1.54, 1.807) is 0 Å². The molecular weight excluding hydrogens is 268 g/mol. The number of carbonyl (C=O) groups excluding carboxylic acids is 3. The Hall–Kier alpha value is -1.83. The molecule has 0 aromatic carbocycles. The van der Waals surface area contributed by atoms with Crippen LogP contribution in [0, 0.1) is 0 Å². The minimum Gasteiger partial charge on any atom is -0.432 e. The van der Waals surface area contributed by atoms with E-state index in [0.717, 1.165) is 0 Å². The van der Waals surface area contributed by atoms with E-state index < -0.39 is 18.2 Å². The molecule has 3 N–H and O–H groups in total. The van der Waals surface area contributed by atoms with Crippen LogP contribution in [-0.2, 0) is 19.1 Å². The van der Waals surface area contributed by atoms with Gasteiger partial charge in [-0.05, 0) is 13.3 Å². The smallest absolute Gasteiger partial charge is 0.432 e. The number of amides is 2. The maximum absolute atomic E-state index is 11.4. The first-order chi connectivity index (χ1) is 9.51. The maximum atomic E-state index is 11.4. The monoisotopic (exact) mass is 292 g/mol. The van der Waals surface area contributed by atoms with E-state index in [-0.39, 0.29) is 25.5 Å². The van der Waals surface area contributed by atoms with Crippen molar-refractivity contribution in [2.75, 3.05) is 13.2 Å². The van der Waals surface area contributed by atoms with Crippen molar-refractivity contribution in [2.24, 2.45) is 0 Å². The molecular formula is C12H24N2O6. The summed E-state index contributed by atoms with van der Waals surface area (Å²) in [6.07, 6.45) is -1.24. The summed E-state index contributed by atoms with van der Waals surface area (Å²) in [5.41, 5.74) is 4.28. The Balaban J connectivity index is 0. The predicted octanol–water partition coefficient (Wildman–Crippen LogP) is 0.494. The highest BCUT2D eigenvalue weighted by Gasteiger charge is 2.18. The van der Waals surface area contributed by atoms with Crippen LogP contribution < -0.4 is 10.9 Å². The highest BCUT2D eigenvalue weighted by Crippen LogP contribution is 1.94. The van der Waals surface area contributed by atoms with Crippen LogP contribution in [0.2, 0.25) is 0 Å². The molecule has 8 nitrogen and oxygen atoms in total. The molecule has 0 aliphatic carbocycles. The zero-order chi connectivity index (χ0) is 16.0. The van der Waals surface area contributed by atoms with Gasteiger partial charge in [0, 0.05) is 6.42 Å². The molecule has 20 heavy (non-hydrogen) atoms. The van der Waals surface area contributed by atoms with Crippen LogP contribution in [0.5, 0.6) is 0 Å². The Bertz CT molecular complexity index is 296. The number of ether oxygens (including phenoxy) is 2.